The van der Waals surface area contributed by atoms with E-state index >= 15 is 0 Å². The number of hydrogen-bond donors (Lipinski definition) is 2. The summed E-state index contributed by atoms with van der Waals surface area (Å²) < 4.78 is 8.78. The van der Waals surface area contributed by atoms with Gasteiger partial charge in [0.05, 0.1) is 28.0 Å². The van der Waals surface area contributed by atoms with Crippen LogP contribution in [0.25, 0.3) is 0 Å². The molecule has 6 heteroatoms. The fraction of sp³-hybridized carbons (Fsp3) is 0.750. The van der Waals surface area contributed by atoms with Crippen molar-refractivity contribution >= 4 is 15.9 Å². The molecule has 0 aliphatic heterocycles. The highest BCUT2D eigenvalue weighted by Gasteiger charge is 2.39. The van der Waals surface area contributed by atoms with Crippen molar-refractivity contribution in [3.63, 3.8) is 0 Å². The second-order valence-electron chi connectivity index (χ2n) is 4.31. The van der Waals surface area contributed by atoms with Crippen LogP contribution in [0.2, 0.25) is 0 Å². The number of halogens is 1. The zero-order chi connectivity index (χ0) is 13.8. The fourth-order valence-corrected chi connectivity index (χ4v) is 3.04. The lowest BCUT2D eigenvalue weighted by molar-refractivity contribution is -0.0752. The van der Waals surface area contributed by atoms with E-state index in [0.29, 0.717) is 6.61 Å². The van der Waals surface area contributed by atoms with Crippen LogP contribution in [-0.2, 0) is 11.8 Å². The number of ether oxygens (including phenoxy) is 1. The van der Waals surface area contributed by atoms with Crippen molar-refractivity contribution in [2.45, 2.75) is 45.3 Å². The van der Waals surface area contributed by atoms with Gasteiger partial charge in [-0.2, -0.15) is 5.10 Å². The van der Waals surface area contributed by atoms with Crippen molar-refractivity contribution in [2.75, 3.05) is 6.61 Å². The minimum atomic E-state index is -0.320. The quantitative estimate of drug-likeness (QED) is 0.598. The van der Waals surface area contributed by atoms with Crippen molar-refractivity contribution in [1.82, 2.24) is 15.2 Å². The third kappa shape index (κ3) is 2.77. The van der Waals surface area contributed by atoms with Crippen LogP contribution in [0.5, 0.6) is 0 Å². The third-order valence-electron chi connectivity index (χ3n) is 3.53. The standard InChI is InChI=1S/C12H23BrN4O/c1-5-12(6-2,18-7-3)11(16-14)10-9(13)8-15-17(10)4/h8,11,16H,5-7,14H2,1-4H3. The number of hydrogen-bond acceptors (Lipinski definition) is 4. The molecule has 0 bridgehead atoms. The summed E-state index contributed by atoms with van der Waals surface area (Å²) in [6.45, 7) is 6.91. The molecule has 0 radical (unpaired) electrons. The Bertz CT molecular complexity index is 357. The second kappa shape index (κ2) is 6.65. The van der Waals surface area contributed by atoms with Crippen LogP contribution in [0, 0.1) is 0 Å². The van der Waals surface area contributed by atoms with Gasteiger partial charge in [-0.1, -0.05) is 13.8 Å². The summed E-state index contributed by atoms with van der Waals surface area (Å²) in [5.41, 5.74) is 3.59. The monoisotopic (exact) mass is 318 g/mol. The average molecular weight is 319 g/mol. The summed E-state index contributed by atoms with van der Waals surface area (Å²) in [5.74, 6) is 5.78. The van der Waals surface area contributed by atoms with Crippen LogP contribution in [0.4, 0.5) is 0 Å². The van der Waals surface area contributed by atoms with Gasteiger partial charge in [0.25, 0.3) is 0 Å². The van der Waals surface area contributed by atoms with Crippen molar-refractivity contribution in [3.05, 3.63) is 16.4 Å². The van der Waals surface area contributed by atoms with Crippen molar-refractivity contribution in [2.24, 2.45) is 12.9 Å². The number of nitrogens with zero attached hydrogens (tertiary/aromatic N) is 2. The highest BCUT2D eigenvalue weighted by molar-refractivity contribution is 9.10. The van der Waals surface area contributed by atoms with E-state index in [1.807, 2.05) is 18.7 Å². The lowest BCUT2D eigenvalue weighted by atomic mass is 9.86. The molecule has 1 rings (SSSR count). The molecule has 1 heterocycles. The molecule has 5 nitrogen and oxygen atoms in total. The van der Waals surface area contributed by atoms with Crippen molar-refractivity contribution in [3.8, 4) is 0 Å². The minimum absolute atomic E-state index is 0.102. The third-order valence-corrected chi connectivity index (χ3v) is 4.14. The maximum atomic E-state index is 6.01. The predicted octanol–water partition coefficient (Wildman–Crippen LogP) is 2.28. The van der Waals surface area contributed by atoms with Gasteiger partial charge in [-0.15, -0.1) is 0 Å². The number of rotatable bonds is 7. The highest BCUT2D eigenvalue weighted by Crippen LogP contribution is 2.37. The van der Waals surface area contributed by atoms with Gasteiger partial charge in [-0.25, -0.2) is 5.43 Å². The first-order valence-electron chi connectivity index (χ1n) is 6.33. The molecule has 1 atom stereocenters. The van der Waals surface area contributed by atoms with E-state index in [-0.39, 0.29) is 11.6 Å². The van der Waals surface area contributed by atoms with E-state index in [2.05, 4.69) is 40.3 Å². The molecule has 1 aromatic rings. The van der Waals surface area contributed by atoms with E-state index in [9.17, 15) is 0 Å². The first-order valence-corrected chi connectivity index (χ1v) is 7.13. The molecule has 1 aromatic heterocycles. The molecule has 18 heavy (non-hydrogen) atoms. The molecule has 1 unspecified atom stereocenters. The molecule has 0 spiro atoms. The maximum absolute atomic E-state index is 6.01. The van der Waals surface area contributed by atoms with Gasteiger partial charge in [0.2, 0.25) is 0 Å². The molecular formula is C12H23BrN4O. The van der Waals surface area contributed by atoms with Crippen molar-refractivity contribution < 1.29 is 4.74 Å². The average Bonchev–Trinajstić information content (AvgIpc) is 2.70. The van der Waals surface area contributed by atoms with Crippen LogP contribution < -0.4 is 11.3 Å². The maximum Gasteiger partial charge on any atom is 0.0929 e. The molecule has 0 saturated carbocycles. The smallest absolute Gasteiger partial charge is 0.0929 e. The van der Waals surface area contributed by atoms with Crippen LogP contribution in [0.3, 0.4) is 0 Å². The van der Waals surface area contributed by atoms with Crippen LogP contribution in [0.15, 0.2) is 10.7 Å². The Hall–Kier alpha value is -0.430. The lowest BCUT2D eigenvalue weighted by Gasteiger charge is -2.39. The first kappa shape index (κ1) is 15.6. The lowest BCUT2D eigenvalue weighted by Crippen LogP contribution is -2.48. The molecule has 0 aliphatic carbocycles. The van der Waals surface area contributed by atoms with Gasteiger partial charge in [0, 0.05) is 13.7 Å². The SMILES string of the molecule is CCOC(CC)(CC)C(NN)c1c(Br)cnn1C. The summed E-state index contributed by atoms with van der Waals surface area (Å²) >= 11 is 3.53. The largest absolute Gasteiger partial charge is 0.373 e. The summed E-state index contributed by atoms with van der Waals surface area (Å²) in [4.78, 5) is 0. The predicted molar refractivity (Wildman–Crippen MR) is 75.9 cm³/mol. The van der Waals surface area contributed by atoms with Gasteiger partial charge in [-0.05, 0) is 35.7 Å². The van der Waals surface area contributed by atoms with E-state index in [4.69, 9.17) is 10.6 Å². The molecular weight excluding hydrogens is 296 g/mol. The number of hydrazine groups is 1. The molecule has 0 aromatic carbocycles. The Labute approximate surface area is 117 Å². The van der Waals surface area contributed by atoms with Crippen molar-refractivity contribution in [1.29, 1.82) is 0 Å². The first-order chi connectivity index (χ1) is 8.56. The van der Waals surface area contributed by atoms with E-state index < -0.39 is 0 Å². The van der Waals surface area contributed by atoms with Gasteiger partial charge in [0.1, 0.15) is 0 Å². The number of nitrogens with one attached hydrogen (secondary N) is 1. The number of aryl methyl sites for hydroxylation is 1. The van der Waals surface area contributed by atoms with E-state index in [1.54, 1.807) is 6.20 Å². The Morgan fingerprint density at radius 2 is 2.11 bits per heavy atom. The molecule has 0 fully saturated rings. The van der Waals surface area contributed by atoms with Gasteiger partial charge >= 0.3 is 0 Å². The Morgan fingerprint density at radius 1 is 1.50 bits per heavy atom. The second-order valence-corrected chi connectivity index (χ2v) is 5.16. The molecule has 0 aliphatic rings. The van der Waals surface area contributed by atoms with Gasteiger partial charge in [0.15, 0.2) is 0 Å². The Kier molecular flexibility index (Phi) is 5.78. The summed E-state index contributed by atoms with van der Waals surface area (Å²) in [7, 11) is 1.91. The van der Waals surface area contributed by atoms with E-state index in [0.717, 1.165) is 23.0 Å². The molecule has 0 saturated heterocycles. The van der Waals surface area contributed by atoms with Gasteiger partial charge in [-0.3, -0.25) is 10.5 Å². The number of nitrogens with two attached hydrogens (primary N) is 1. The van der Waals surface area contributed by atoms with E-state index in [1.165, 1.54) is 0 Å². The van der Waals surface area contributed by atoms with Crippen LogP contribution in [-0.4, -0.2) is 22.0 Å². The Morgan fingerprint density at radius 3 is 2.44 bits per heavy atom. The topological polar surface area (TPSA) is 65.1 Å². The normalized spacial score (nSPS) is 13.9. The number of aromatic nitrogens is 2. The zero-order valence-corrected chi connectivity index (χ0v) is 13.1. The van der Waals surface area contributed by atoms with Crippen LogP contribution in [0.1, 0.15) is 45.3 Å². The zero-order valence-electron chi connectivity index (χ0n) is 11.5. The fourth-order valence-electron chi connectivity index (χ4n) is 2.46. The summed E-state index contributed by atoms with van der Waals surface area (Å²) in [6, 6.07) is -0.102. The minimum Gasteiger partial charge on any atom is -0.373 e. The summed E-state index contributed by atoms with van der Waals surface area (Å²) in [6.07, 6.45) is 3.54. The highest BCUT2D eigenvalue weighted by atomic mass is 79.9. The Balaban J connectivity index is 3.21. The van der Waals surface area contributed by atoms with Gasteiger partial charge < -0.3 is 4.74 Å². The molecule has 104 valence electrons. The van der Waals surface area contributed by atoms with Crippen LogP contribution >= 0.6 is 15.9 Å². The molecule has 0 amide bonds. The molecule has 3 N–H and O–H groups in total. The summed E-state index contributed by atoms with van der Waals surface area (Å²) in [5, 5.41) is 4.25.